The number of sulfonamides is 1. The number of rotatable bonds is 4. The lowest BCUT2D eigenvalue weighted by molar-refractivity contribution is 0.0569. The summed E-state index contributed by atoms with van der Waals surface area (Å²) in [6, 6.07) is 4.28. The molecule has 2 aliphatic heterocycles. The van der Waals surface area contributed by atoms with Crippen molar-refractivity contribution in [3.05, 3.63) is 40.2 Å². The molecule has 1 aromatic carbocycles. The molecule has 0 spiro atoms. The lowest BCUT2D eigenvalue weighted by Crippen LogP contribution is -2.51. The number of hydrogen-bond acceptors (Lipinski definition) is 7. The van der Waals surface area contributed by atoms with Gasteiger partial charge in [-0.1, -0.05) is 0 Å². The minimum Gasteiger partial charge on any atom is -0.450 e. The number of aromatic amines is 1. The van der Waals surface area contributed by atoms with E-state index in [4.69, 9.17) is 9.47 Å². The first-order valence-corrected chi connectivity index (χ1v) is 12.2. The quantitative estimate of drug-likeness (QED) is 0.676. The summed E-state index contributed by atoms with van der Waals surface area (Å²) in [5, 5.41) is 0.125. The van der Waals surface area contributed by atoms with Gasteiger partial charge in [0.2, 0.25) is 15.5 Å². The zero-order valence-electron chi connectivity index (χ0n) is 18.3. The number of nitrogens with zero attached hydrogens (tertiary/aromatic N) is 3. The van der Waals surface area contributed by atoms with Crippen LogP contribution in [0.5, 0.6) is 0 Å². The van der Waals surface area contributed by atoms with Gasteiger partial charge >= 0.3 is 6.09 Å². The molecule has 2 fully saturated rings. The van der Waals surface area contributed by atoms with Gasteiger partial charge in [-0.25, -0.2) is 13.2 Å². The molecule has 0 radical (unpaired) electrons. The molecule has 3 heterocycles. The summed E-state index contributed by atoms with van der Waals surface area (Å²) in [7, 11) is -3.79. The second kappa shape index (κ2) is 9.49. The van der Waals surface area contributed by atoms with E-state index in [2.05, 4.69) is 4.98 Å². The van der Waals surface area contributed by atoms with Crippen LogP contribution in [0.25, 0.3) is 10.9 Å². The van der Waals surface area contributed by atoms with E-state index in [-0.39, 0.29) is 48.6 Å². The molecule has 11 nitrogen and oxygen atoms in total. The molecule has 2 amide bonds. The van der Waals surface area contributed by atoms with E-state index in [1.165, 1.54) is 38.5 Å². The number of hydrogen-bond donors (Lipinski definition) is 1. The first-order chi connectivity index (χ1) is 15.8. The number of nitrogens with one attached hydrogen (secondary N) is 1. The SMILES string of the molecule is CCOC(=O)N1CCN(C(=O)c2c[nH]c3ccc(S(=O)(=O)N4CCOCC4)cc3c2=O)CC1. The van der Waals surface area contributed by atoms with Gasteiger partial charge in [0.05, 0.1) is 24.7 Å². The average Bonchev–Trinajstić information content (AvgIpc) is 2.84. The Hall–Kier alpha value is -2.96. The van der Waals surface area contributed by atoms with Crippen LogP contribution in [0.4, 0.5) is 4.79 Å². The highest BCUT2D eigenvalue weighted by Gasteiger charge is 2.29. The Morgan fingerprint density at radius 2 is 1.73 bits per heavy atom. The van der Waals surface area contributed by atoms with Crippen LogP contribution in [0.1, 0.15) is 17.3 Å². The lowest BCUT2D eigenvalue weighted by Gasteiger charge is -2.33. The van der Waals surface area contributed by atoms with Gasteiger partial charge in [-0.05, 0) is 25.1 Å². The molecule has 4 rings (SSSR count). The number of fused-ring (bicyclic) bond motifs is 1. The lowest BCUT2D eigenvalue weighted by atomic mass is 10.1. The molecule has 2 aromatic rings. The maximum Gasteiger partial charge on any atom is 0.409 e. The fourth-order valence-corrected chi connectivity index (χ4v) is 5.36. The highest BCUT2D eigenvalue weighted by atomic mass is 32.2. The molecule has 2 saturated heterocycles. The van der Waals surface area contributed by atoms with Crippen molar-refractivity contribution in [1.29, 1.82) is 0 Å². The summed E-state index contributed by atoms with van der Waals surface area (Å²) in [6.45, 7) is 4.25. The van der Waals surface area contributed by atoms with Gasteiger partial charge in [0.15, 0.2) is 0 Å². The van der Waals surface area contributed by atoms with Crippen molar-refractivity contribution in [1.82, 2.24) is 19.1 Å². The number of morpholine rings is 1. The highest BCUT2D eigenvalue weighted by molar-refractivity contribution is 7.89. The Morgan fingerprint density at radius 1 is 1.06 bits per heavy atom. The molecule has 1 aromatic heterocycles. The minimum absolute atomic E-state index is 0.00458. The fraction of sp³-hybridized carbons (Fsp3) is 0.476. The predicted molar refractivity (Wildman–Crippen MR) is 119 cm³/mol. The maximum atomic E-state index is 13.1. The summed E-state index contributed by atoms with van der Waals surface area (Å²) in [6.07, 6.45) is 0.920. The van der Waals surface area contributed by atoms with Crippen molar-refractivity contribution in [2.75, 3.05) is 59.1 Å². The van der Waals surface area contributed by atoms with Crippen LogP contribution < -0.4 is 5.43 Å². The van der Waals surface area contributed by atoms with E-state index in [0.717, 1.165) is 0 Å². The minimum atomic E-state index is -3.79. The third-order valence-electron chi connectivity index (χ3n) is 5.78. The maximum absolute atomic E-state index is 13.1. The third kappa shape index (κ3) is 4.59. The van der Waals surface area contributed by atoms with Gasteiger partial charge in [0, 0.05) is 56.4 Å². The number of ether oxygens (including phenoxy) is 2. The molecule has 178 valence electrons. The fourth-order valence-electron chi connectivity index (χ4n) is 3.93. The summed E-state index contributed by atoms with van der Waals surface area (Å²) in [5.41, 5.74) is -0.182. The number of H-pyrrole nitrogens is 1. The van der Waals surface area contributed by atoms with Crippen LogP contribution in [-0.2, 0) is 19.5 Å². The second-order valence-electron chi connectivity index (χ2n) is 7.73. The van der Waals surface area contributed by atoms with Crippen LogP contribution in [-0.4, -0.2) is 98.6 Å². The van der Waals surface area contributed by atoms with E-state index < -0.39 is 27.5 Å². The van der Waals surface area contributed by atoms with Crippen LogP contribution >= 0.6 is 0 Å². The Morgan fingerprint density at radius 3 is 2.39 bits per heavy atom. The van der Waals surface area contributed by atoms with Crippen LogP contribution in [0.15, 0.2) is 34.1 Å². The van der Waals surface area contributed by atoms with E-state index in [1.807, 2.05) is 0 Å². The first-order valence-electron chi connectivity index (χ1n) is 10.8. The Balaban J connectivity index is 1.58. The monoisotopic (exact) mass is 478 g/mol. The van der Waals surface area contributed by atoms with E-state index >= 15 is 0 Å². The number of piperazine rings is 1. The van der Waals surface area contributed by atoms with E-state index in [1.54, 1.807) is 6.92 Å². The van der Waals surface area contributed by atoms with Crippen molar-refractivity contribution >= 4 is 32.9 Å². The largest absolute Gasteiger partial charge is 0.450 e. The normalized spacial score (nSPS) is 17.8. The average molecular weight is 479 g/mol. The number of amides is 2. The van der Waals surface area contributed by atoms with Gasteiger partial charge in [0.25, 0.3) is 5.91 Å². The zero-order valence-corrected chi connectivity index (χ0v) is 19.1. The van der Waals surface area contributed by atoms with Crippen molar-refractivity contribution in [2.45, 2.75) is 11.8 Å². The summed E-state index contributed by atoms with van der Waals surface area (Å²) >= 11 is 0. The van der Waals surface area contributed by atoms with Gasteiger partial charge in [-0.3, -0.25) is 9.59 Å². The second-order valence-corrected chi connectivity index (χ2v) is 9.67. The topological polar surface area (TPSA) is 129 Å². The number of carbonyl (C=O) groups is 2. The van der Waals surface area contributed by atoms with Crippen molar-refractivity contribution in [3.8, 4) is 0 Å². The molecule has 33 heavy (non-hydrogen) atoms. The van der Waals surface area contributed by atoms with Crippen molar-refractivity contribution < 1.29 is 27.5 Å². The Kier molecular flexibility index (Phi) is 6.68. The molecular weight excluding hydrogens is 452 g/mol. The zero-order chi connectivity index (χ0) is 23.6. The summed E-state index contributed by atoms with van der Waals surface area (Å²) < 4.78 is 37.5. The molecule has 0 atom stereocenters. The molecule has 0 aliphatic carbocycles. The molecule has 2 aliphatic rings. The number of aromatic nitrogens is 1. The smallest absolute Gasteiger partial charge is 0.409 e. The third-order valence-corrected chi connectivity index (χ3v) is 7.68. The van der Waals surface area contributed by atoms with Gasteiger partial charge in [-0.15, -0.1) is 0 Å². The molecule has 12 heteroatoms. The molecule has 0 saturated carbocycles. The number of carbonyl (C=O) groups excluding carboxylic acids is 2. The van der Waals surface area contributed by atoms with Crippen molar-refractivity contribution in [3.63, 3.8) is 0 Å². The Bertz CT molecular complexity index is 1210. The molecular formula is C21H26N4O7S. The predicted octanol–water partition coefficient (Wildman–Crippen LogP) is 0.463. The summed E-state index contributed by atoms with van der Waals surface area (Å²) in [5.74, 6) is -0.469. The summed E-state index contributed by atoms with van der Waals surface area (Å²) in [4.78, 5) is 44.0. The van der Waals surface area contributed by atoms with Crippen molar-refractivity contribution in [2.24, 2.45) is 0 Å². The van der Waals surface area contributed by atoms with Crippen LogP contribution in [0.3, 0.4) is 0 Å². The molecule has 0 unspecified atom stereocenters. The van der Waals surface area contributed by atoms with E-state index in [9.17, 15) is 22.8 Å². The Labute approximate surface area is 190 Å². The van der Waals surface area contributed by atoms with Gasteiger partial charge < -0.3 is 24.3 Å². The first kappa shape index (κ1) is 23.2. The molecule has 1 N–H and O–H groups in total. The number of pyridine rings is 1. The van der Waals surface area contributed by atoms with Gasteiger partial charge in [0.1, 0.15) is 5.56 Å². The molecule has 0 bridgehead atoms. The van der Waals surface area contributed by atoms with Crippen LogP contribution in [0, 0.1) is 0 Å². The van der Waals surface area contributed by atoms with Gasteiger partial charge in [-0.2, -0.15) is 4.31 Å². The van der Waals surface area contributed by atoms with Crippen LogP contribution in [0.2, 0.25) is 0 Å². The number of benzene rings is 1. The van der Waals surface area contributed by atoms with E-state index in [0.29, 0.717) is 31.8 Å². The standard InChI is InChI=1S/C21H26N4O7S/c1-2-32-21(28)24-7-5-23(6-8-24)20(27)17-14-22-18-4-3-15(13-16(18)19(17)26)33(29,30)25-9-11-31-12-10-25/h3-4,13-14H,2,5-12H2,1H3,(H,22,26). The highest BCUT2D eigenvalue weighted by Crippen LogP contribution is 2.21.